The summed E-state index contributed by atoms with van der Waals surface area (Å²) in [6, 6.07) is 11.7. The summed E-state index contributed by atoms with van der Waals surface area (Å²) in [6.45, 7) is 1.95. The Bertz CT molecular complexity index is 658. The zero-order valence-corrected chi connectivity index (χ0v) is 13.3. The fourth-order valence-electron chi connectivity index (χ4n) is 2.04. The number of hydrogen-bond acceptors (Lipinski definition) is 2. The van der Waals surface area contributed by atoms with Crippen LogP contribution in [-0.2, 0) is 0 Å². The Labute approximate surface area is 131 Å². The molecule has 1 atom stereocenters. The normalized spacial score (nSPS) is 11.8. The quantitative estimate of drug-likeness (QED) is 0.821. The SMILES string of the molecule is COc1cccc(F)c1C(=O)Nc1ccccc1C(C)Br. The van der Waals surface area contributed by atoms with Gasteiger partial charge in [0, 0.05) is 10.5 Å². The van der Waals surface area contributed by atoms with E-state index in [2.05, 4.69) is 21.2 Å². The number of carbonyl (C=O) groups is 1. The number of alkyl halides is 1. The molecule has 0 spiro atoms. The van der Waals surface area contributed by atoms with E-state index in [4.69, 9.17) is 4.74 Å². The van der Waals surface area contributed by atoms with Crippen LogP contribution < -0.4 is 10.1 Å². The maximum Gasteiger partial charge on any atom is 0.262 e. The third-order valence-electron chi connectivity index (χ3n) is 3.06. The van der Waals surface area contributed by atoms with Gasteiger partial charge in [0.05, 0.1) is 7.11 Å². The van der Waals surface area contributed by atoms with Crippen molar-refractivity contribution in [2.24, 2.45) is 0 Å². The van der Waals surface area contributed by atoms with Crippen molar-refractivity contribution in [3.8, 4) is 5.75 Å². The minimum absolute atomic E-state index is 0.0662. The molecular weight excluding hydrogens is 337 g/mol. The molecule has 0 heterocycles. The van der Waals surface area contributed by atoms with Crippen LogP contribution in [-0.4, -0.2) is 13.0 Å². The van der Waals surface area contributed by atoms with Crippen LogP contribution in [0.3, 0.4) is 0 Å². The van der Waals surface area contributed by atoms with Gasteiger partial charge in [0.25, 0.3) is 5.91 Å². The number of hydrogen-bond donors (Lipinski definition) is 1. The van der Waals surface area contributed by atoms with Crippen molar-refractivity contribution in [1.29, 1.82) is 0 Å². The first-order valence-corrected chi connectivity index (χ1v) is 7.33. The number of anilines is 1. The fourth-order valence-corrected chi connectivity index (χ4v) is 2.44. The number of ether oxygens (including phenoxy) is 1. The summed E-state index contributed by atoms with van der Waals surface area (Å²) in [5.74, 6) is -0.946. The van der Waals surface area contributed by atoms with E-state index in [1.54, 1.807) is 12.1 Å². The number of methoxy groups -OCH3 is 1. The molecule has 3 nitrogen and oxygen atoms in total. The number of carbonyl (C=O) groups excluding carboxylic acids is 1. The highest BCUT2D eigenvalue weighted by molar-refractivity contribution is 9.09. The van der Waals surface area contributed by atoms with Gasteiger partial charge in [-0.05, 0) is 30.7 Å². The third kappa shape index (κ3) is 3.42. The largest absolute Gasteiger partial charge is 0.496 e. The van der Waals surface area contributed by atoms with Gasteiger partial charge in [-0.15, -0.1) is 0 Å². The molecule has 2 aromatic rings. The minimum atomic E-state index is -0.615. The van der Waals surface area contributed by atoms with Crippen LogP contribution in [0.15, 0.2) is 42.5 Å². The number of para-hydroxylation sites is 1. The van der Waals surface area contributed by atoms with Gasteiger partial charge in [-0.25, -0.2) is 4.39 Å². The van der Waals surface area contributed by atoms with Gasteiger partial charge < -0.3 is 10.1 Å². The molecule has 0 saturated heterocycles. The second kappa shape index (κ2) is 6.72. The zero-order valence-electron chi connectivity index (χ0n) is 11.7. The molecule has 5 heteroatoms. The maximum atomic E-state index is 13.9. The molecule has 0 radical (unpaired) electrons. The van der Waals surface area contributed by atoms with Gasteiger partial charge in [0.15, 0.2) is 0 Å². The van der Waals surface area contributed by atoms with Crippen LogP contribution in [0.4, 0.5) is 10.1 Å². The lowest BCUT2D eigenvalue weighted by Crippen LogP contribution is -2.16. The zero-order chi connectivity index (χ0) is 15.4. The Balaban J connectivity index is 2.35. The summed E-state index contributed by atoms with van der Waals surface area (Å²) in [7, 11) is 1.40. The summed E-state index contributed by atoms with van der Waals surface area (Å²) in [5, 5.41) is 2.73. The first-order valence-electron chi connectivity index (χ1n) is 6.41. The van der Waals surface area contributed by atoms with E-state index in [1.165, 1.54) is 19.2 Å². The number of amides is 1. The Morgan fingerprint density at radius 1 is 1.24 bits per heavy atom. The molecule has 1 amide bonds. The molecule has 2 rings (SSSR count). The molecule has 21 heavy (non-hydrogen) atoms. The molecule has 0 aliphatic carbocycles. The van der Waals surface area contributed by atoms with Gasteiger partial charge in [0.1, 0.15) is 17.1 Å². The van der Waals surface area contributed by atoms with E-state index in [9.17, 15) is 9.18 Å². The Morgan fingerprint density at radius 2 is 1.95 bits per heavy atom. The van der Waals surface area contributed by atoms with Crippen molar-refractivity contribution in [1.82, 2.24) is 0 Å². The summed E-state index contributed by atoms with van der Waals surface area (Å²) in [4.78, 5) is 12.4. The molecule has 0 aliphatic heterocycles. The van der Waals surface area contributed by atoms with E-state index < -0.39 is 11.7 Å². The van der Waals surface area contributed by atoms with Crippen LogP contribution >= 0.6 is 15.9 Å². The molecule has 0 aliphatic rings. The van der Waals surface area contributed by atoms with Crippen molar-refractivity contribution >= 4 is 27.5 Å². The van der Waals surface area contributed by atoms with Gasteiger partial charge >= 0.3 is 0 Å². The Morgan fingerprint density at radius 3 is 2.62 bits per heavy atom. The van der Waals surface area contributed by atoms with Gasteiger partial charge in [-0.1, -0.05) is 40.2 Å². The first kappa shape index (κ1) is 15.5. The highest BCUT2D eigenvalue weighted by atomic mass is 79.9. The number of rotatable bonds is 4. The molecule has 0 fully saturated rings. The lowest BCUT2D eigenvalue weighted by atomic mass is 10.1. The average Bonchev–Trinajstić information content (AvgIpc) is 2.47. The van der Waals surface area contributed by atoms with Crippen molar-refractivity contribution in [2.75, 3.05) is 12.4 Å². The van der Waals surface area contributed by atoms with Gasteiger partial charge in [-0.3, -0.25) is 4.79 Å². The van der Waals surface area contributed by atoms with Crippen LogP contribution in [0, 0.1) is 5.82 Å². The fraction of sp³-hybridized carbons (Fsp3) is 0.188. The molecule has 1 unspecified atom stereocenters. The second-order valence-corrected chi connectivity index (χ2v) is 5.85. The van der Waals surface area contributed by atoms with E-state index in [-0.39, 0.29) is 16.1 Å². The highest BCUT2D eigenvalue weighted by Crippen LogP contribution is 2.30. The summed E-state index contributed by atoms with van der Waals surface area (Å²) in [6.07, 6.45) is 0. The van der Waals surface area contributed by atoms with E-state index >= 15 is 0 Å². The highest BCUT2D eigenvalue weighted by Gasteiger charge is 2.19. The number of benzene rings is 2. The third-order valence-corrected chi connectivity index (χ3v) is 3.55. The van der Waals surface area contributed by atoms with Gasteiger partial charge in [-0.2, -0.15) is 0 Å². The van der Waals surface area contributed by atoms with E-state index in [0.717, 1.165) is 5.56 Å². The smallest absolute Gasteiger partial charge is 0.262 e. The summed E-state index contributed by atoms with van der Waals surface area (Å²) in [5.41, 5.74) is 1.45. The van der Waals surface area contributed by atoms with Crippen molar-refractivity contribution in [3.63, 3.8) is 0 Å². The van der Waals surface area contributed by atoms with Crippen molar-refractivity contribution in [3.05, 3.63) is 59.4 Å². The lowest BCUT2D eigenvalue weighted by Gasteiger charge is -2.14. The van der Waals surface area contributed by atoms with Crippen LogP contribution in [0.1, 0.15) is 27.7 Å². The molecular formula is C16H15BrFNO2. The molecule has 110 valence electrons. The predicted molar refractivity (Wildman–Crippen MR) is 84.7 cm³/mol. The second-order valence-electron chi connectivity index (χ2n) is 4.47. The Kier molecular flexibility index (Phi) is 4.96. The van der Waals surface area contributed by atoms with Crippen molar-refractivity contribution in [2.45, 2.75) is 11.8 Å². The lowest BCUT2D eigenvalue weighted by molar-refractivity contribution is 0.102. The van der Waals surface area contributed by atoms with Gasteiger partial charge in [0.2, 0.25) is 0 Å². The van der Waals surface area contributed by atoms with E-state index in [1.807, 2.05) is 25.1 Å². The number of nitrogens with one attached hydrogen (secondary N) is 1. The Hall–Kier alpha value is -1.88. The summed E-state index contributed by atoms with van der Waals surface area (Å²) >= 11 is 3.47. The van der Waals surface area contributed by atoms with E-state index in [0.29, 0.717) is 5.69 Å². The van der Waals surface area contributed by atoms with Crippen LogP contribution in [0.2, 0.25) is 0 Å². The first-order chi connectivity index (χ1) is 10.0. The van der Waals surface area contributed by atoms with Crippen LogP contribution in [0.25, 0.3) is 0 Å². The molecule has 0 aromatic heterocycles. The summed E-state index contributed by atoms with van der Waals surface area (Å²) < 4.78 is 19.0. The minimum Gasteiger partial charge on any atom is -0.496 e. The van der Waals surface area contributed by atoms with Crippen molar-refractivity contribution < 1.29 is 13.9 Å². The molecule has 0 saturated carbocycles. The number of halogens is 2. The molecule has 1 N–H and O–H groups in total. The van der Waals surface area contributed by atoms with Crippen LogP contribution in [0.5, 0.6) is 5.75 Å². The predicted octanol–water partition coefficient (Wildman–Crippen LogP) is 4.54. The maximum absolute atomic E-state index is 13.9. The standard InChI is InChI=1S/C16H15BrFNO2/c1-10(17)11-6-3-4-8-13(11)19-16(20)15-12(18)7-5-9-14(15)21-2/h3-10H,1-2H3,(H,19,20). The molecule has 2 aromatic carbocycles. The average molecular weight is 352 g/mol. The molecule has 0 bridgehead atoms. The monoisotopic (exact) mass is 351 g/mol. The topological polar surface area (TPSA) is 38.3 Å².